The molecule has 1 aliphatic rings. The quantitative estimate of drug-likeness (QED) is 0.491. The highest BCUT2D eigenvalue weighted by Gasteiger charge is 2.39. The Morgan fingerprint density at radius 3 is 2.69 bits per heavy atom. The summed E-state index contributed by atoms with van der Waals surface area (Å²) in [5, 5.41) is 2.53. The van der Waals surface area contributed by atoms with Gasteiger partial charge in [0.25, 0.3) is 0 Å². The van der Waals surface area contributed by atoms with Crippen LogP contribution < -0.4 is 5.32 Å². The fourth-order valence-electron chi connectivity index (χ4n) is 2.69. The van der Waals surface area contributed by atoms with Gasteiger partial charge >= 0.3 is 6.18 Å². The minimum absolute atomic E-state index is 0.0622. The van der Waals surface area contributed by atoms with E-state index >= 15 is 0 Å². The van der Waals surface area contributed by atoms with E-state index in [-0.39, 0.29) is 22.8 Å². The number of halogens is 4. The SMILES string of the molecule is CC(C=C[C@@H]1C[C@H]1c1ccc(Cl)c(C(F)(F)F)c1)=CC(=O)NCC(C)C. The largest absolute Gasteiger partial charge is 0.417 e. The Kier molecular flexibility index (Phi) is 6.56. The first-order chi connectivity index (χ1) is 12.1. The predicted molar refractivity (Wildman–Crippen MR) is 98.0 cm³/mol. The molecule has 0 heterocycles. The molecular weight excluding hydrogens is 363 g/mol. The van der Waals surface area contributed by atoms with Crippen LogP contribution in [0.5, 0.6) is 0 Å². The maximum absolute atomic E-state index is 13.0. The van der Waals surface area contributed by atoms with E-state index in [1.165, 1.54) is 12.1 Å². The molecule has 1 amide bonds. The normalized spacial score (nSPS) is 20.7. The van der Waals surface area contributed by atoms with E-state index < -0.39 is 11.7 Å². The summed E-state index contributed by atoms with van der Waals surface area (Å²) in [7, 11) is 0. The third-order valence-corrected chi connectivity index (χ3v) is 4.54. The molecule has 0 aromatic heterocycles. The highest BCUT2D eigenvalue weighted by molar-refractivity contribution is 6.31. The molecule has 1 aromatic rings. The zero-order valence-corrected chi connectivity index (χ0v) is 15.8. The molecular formula is C20H23ClF3NO. The van der Waals surface area contributed by atoms with Crippen molar-refractivity contribution in [2.45, 2.75) is 39.3 Å². The van der Waals surface area contributed by atoms with Crippen LogP contribution in [0.1, 0.15) is 44.2 Å². The van der Waals surface area contributed by atoms with Crippen molar-refractivity contribution in [1.82, 2.24) is 5.32 Å². The van der Waals surface area contributed by atoms with Gasteiger partial charge in [-0.2, -0.15) is 13.2 Å². The topological polar surface area (TPSA) is 29.1 Å². The summed E-state index contributed by atoms with van der Waals surface area (Å²) in [6, 6.07) is 4.10. The van der Waals surface area contributed by atoms with E-state index in [0.717, 1.165) is 18.1 Å². The number of allylic oxidation sites excluding steroid dienone is 3. The predicted octanol–water partition coefficient (Wildman–Crippen LogP) is 5.74. The second-order valence-corrected chi connectivity index (χ2v) is 7.54. The van der Waals surface area contributed by atoms with Crippen molar-refractivity contribution in [2.75, 3.05) is 6.54 Å². The third-order valence-electron chi connectivity index (χ3n) is 4.21. The lowest BCUT2D eigenvalue weighted by atomic mass is 10.0. The van der Waals surface area contributed by atoms with Crippen molar-refractivity contribution >= 4 is 17.5 Å². The second kappa shape index (κ2) is 8.30. The van der Waals surface area contributed by atoms with Gasteiger partial charge in [0.15, 0.2) is 0 Å². The number of rotatable bonds is 6. The van der Waals surface area contributed by atoms with Crippen LogP contribution >= 0.6 is 11.6 Å². The van der Waals surface area contributed by atoms with E-state index in [2.05, 4.69) is 5.32 Å². The third kappa shape index (κ3) is 5.90. The van der Waals surface area contributed by atoms with Gasteiger partial charge in [-0.15, -0.1) is 0 Å². The fraction of sp³-hybridized carbons (Fsp3) is 0.450. The standard InChI is InChI=1S/C20H23ClF3NO/c1-12(2)11-25-19(26)8-13(3)4-5-14-9-16(14)15-6-7-18(21)17(10-15)20(22,23)24/h4-8,10,12,14,16H,9,11H2,1-3H3,(H,25,26)/t14-,16-/m1/s1. The van der Waals surface area contributed by atoms with Crippen LogP contribution in [-0.2, 0) is 11.0 Å². The van der Waals surface area contributed by atoms with Gasteiger partial charge < -0.3 is 5.32 Å². The summed E-state index contributed by atoms with van der Waals surface area (Å²) in [6.45, 7) is 6.48. The maximum Gasteiger partial charge on any atom is 0.417 e. The lowest BCUT2D eigenvalue weighted by Gasteiger charge is -2.10. The number of hydrogen-bond donors (Lipinski definition) is 1. The minimum Gasteiger partial charge on any atom is -0.352 e. The van der Waals surface area contributed by atoms with Crippen LogP contribution in [0.15, 0.2) is 42.0 Å². The molecule has 26 heavy (non-hydrogen) atoms. The molecule has 1 aliphatic carbocycles. The maximum atomic E-state index is 13.0. The Balaban J connectivity index is 1.96. The summed E-state index contributed by atoms with van der Waals surface area (Å²) < 4.78 is 38.9. The Labute approximate surface area is 157 Å². The number of nitrogens with one attached hydrogen (secondary N) is 1. The number of hydrogen-bond acceptors (Lipinski definition) is 1. The van der Waals surface area contributed by atoms with E-state index in [0.29, 0.717) is 18.0 Å². The molecule has 2 atom stereocenters. The smallest absolute Gasteiger partial charge is 0.352 e. The van der Waals surface area contributed by atoms with E-state index in [1.807, 2.05) is 32.9 Å². The number of carbonyl (C=O) groups excluding carboxylic acids is 1. The summed E-state index contributed by atoms with van der Waals surface area (Å²) in [5.74, 6) is 0.489. The Morgan fingerprint density at radius 1 is 1.38 bits per heavy atom. The first-order valence-corrected chi connectivity index (χ1v) is 8.96. The first-order valence-electron chi connectivity index (χ1n) is 8.59. The van der Waals surface area contributed by atoms with Gasteiger partial charge in [0.1, 0.15) is 0 Å². The molecule has 1 N–H and O–H groups in total. The van der Waals surface area contributed by atoms with Crippen LogP contribution in [0, 0.1) is 11.8 Å². The van der Waals surface area contributed by atoms with Gasteiger partial charge in [0, 0.05) is 12.6 Å². The van der Waals surface area contributed by atoms with Gasteiger partial charge in [0.2, 0.25) is 5.91 Å². The van der Waals surface area contributed by atoms with Gasteiger partial charge in [-0.1, -0.05) is 43.7 Å². The molecule has 0 bridgehead atoms. The number of amides is 1. The number of carbonyl (C=O) groups is 1. The zero-order chi connectivity index (χ0) is 19.5. The molecule has 142 valence electrons. The van der Waals surface area contributed by atoms with Gasteiger partial charge in [0.05, 0.1) is 10.6 Å². The molecule has 0 aliphatic heterocycles. The Bertz CT molecular complexity index is 722. The highest BCUT2D eigenvalue weighted by atomic mass is 35.5. The van der Waals surface area contributed by atoms with Crippen LogP contribution in [0.4, 0.5) is 13.2 Å². The average molecular weight is 386 g/mol. The average Bonchev–Trinajstić information content (AvgIpc) is 3.30. The molecule has 0 radical (unpaired) electrons. The van der Waals surface area contributed by atoms with Crippen molar-refractivity contribution < 1.29 is 18.0 Å². The second-order valence-electron chi connectivity index (χ2n) is 7.13. The monoisotopic (exact) mass is 385 g/mol. The molecule has 1 aromatic carbocycles. The molecule has 2 rings (SSSR count). The molecule has 2 nitrogen and oxygen atoms in total. The molecule has 0 saturated heterocycles. The molecule has 6 heteroatoms. The summed E-state index contributed by atoms with van der Waals surface area (Å²) in [6.07, 6.45) is 1.67. The van der Waals surface area contributed by atoms with Crippen molar-refractivity contribution in [1.29, 1.82) is 0 Å². The first kappa shape index (κ1) is 20.6. The lowest BCUT2D eigenvalue weighted by molar-refractivity contribution is -0.137. The van der Waals surface area contributed by atoms with Crippen molar-refractivity contribution in [3.63, 3.8) is 0 Å². The lowest BCUT2D eigenvalue weighted by Crippen LogP contribution is -2.25. The van der Waals surface area contributed by atoms with Crippen LogP contribution in [0.2, 0.25) is 5.02 Å². The summed E-state index contributed by atoms with van der Waals surface area (Å²) >= 11 is 5.66. The van der Waals surface area contributed by atoms with Gasteiger partial charge in [-0.25, -0.2) is 0 Å². The van der Waals surface area contributed by atoms with Gasteiger partial charge in [-0.3, -0.25) is 4.79 Å². The zero-order valence-electron chi connectivity index (χ0n) is 15.0. The number of alkyl halides is 3. The van der Waals surface area contributed by atoms with Crippen LogP contribution in [0.25, 0.3) is 0 Å². The Hall–Kier alpha value is -1.75. The summed E-state index contributed by atoms with van der Waals surface area (Å²) in [4.78, 5) is 11.7. The van der Waals surface area contributed by atoms with Crippen LogP contribution in [0.3, 0.4) is 0 Å². The fourth-order valence-corrected chi connectivity index (χ4v) is 2.91. The van der Waals surface area contributed by atoms with Crippen molar-refractivity contribution in [3.8, 4) is 0 Å². The van der Waals surface area contributed by atoms with E-state index in [4.69, 9.17) is 11.6 Å². The summed E-state index contributed by atoms with van der Waals surface area (Å²) in [5.41, 5.74) is 0.667. The molecule has 0 spiro atoms. The highest BCUT2D eigenvalue weighted by Crippen LogP contribution is 2.50. The minimum atomic E-state index is -4.45. The van der Waals surface area contributed by atoms with Crippen LogP contribution in [-0.4, -0.2) is 12.5 Å². The molecule has 0 unspecified atom stereocenters. The molecule has 1 saturated carbocycles. The van der Waals surface area contributed by atoms with Crippen molar-refractivity contribution in [2.24, 2.45) is 11.8 Å². The van der Waals surface area contributed by atoms with Crippen molar-refractivity contribution in [3.05, 3.63) is 58.1 Å². The number of benzene rings is 1. The molecule has 1 fully saturated rings. The van der Waals surface area contributed by atoms with Gasteiger partial charge in [-0.05, 0) is 54.4 Å². The Morgan fingerprint density at radius 2 is 2.08 bits per heavy atom. The van der Waals surface area contributed by atoms with E-state index in [1.54, 1.807) is 6.07 Å². The van der Waals surface area contributed by atoms with E-state index in [9.17, 15) is 18.0 Å².